The molecule has 0 saturated carbocycles. The molecule has 0 atom stereocenters. The molecule has 0 aliphatic carbocycles. The van der Waals surface area contributed by atoms with Crippen molar-refractivity contribution < 1.29 is 19.1 Å². The summed E-state index contributed by atoms with van der Waals surface area (Å²) in [7, 11) is 0. The van der Waals surface area contributed by atoms with Gasteiger partial charge >= 0.3 is 5.97 Å². The number of aryl methyl sites for hydroxylation is 1. The minimum atomic E-state index is -0.925. The Morgan fingerprint density at radius 3 is 2.35 bits per heavy atom. The van der Waals surface area contributed by atoms with E-state index in [-0.39, 0.29) is 24.9 Å². The fraction of sp³-hybridized carbons (Fsp3) is 0.375. The molecule has 7 heteroatoms. The lowest BCUT2D eigenvalue weighted by Crippen LogP contribution is -2.38. The summed E-state index contributed by atoms with van der Waals surface area (Å²) >= 11 is 0. The summed E-state index contributed by atoms with van der Waals surface area (Å²) in [6, 6.07) is 6.73. The molecule has 2 aromatic rings. The molecular formula is C16H19N3O4. The van der Waals surface area contributed by atoms with Crippen molar-refractivity contribution in [2.24, 2.45) is 0 Å². The molecule has 0 radical (unpaired) electrons. The number of carbonyl (C=O) groups excluding carboxylic acids is 1. The predicted molar refractivity (Wildman–Crippen MR) is 82.9 cm³/mol. The van der Waals surface area contributed by atoms with E-state index in [0.29, 0.717) is 17.3 Å². The Morgan fingerprint density at radius 1 is 1.22 bits per heavy atom. The fourth-order valence-electron chi connectivity index (χ4n) is 2.14. The van der Waals surface area contributed by atoms with Crippen LogP contribution in [0.15, 0.2) is 28.7 Å². The van der Waals surface area contributed by atoms with E-state index in [0.717, 1.165) is 5.56 Å². The number of benzene rings is 1. The fourth-order valence-corrected chi connectivity index (χ4v) is 2.14. The van der Waals surface area contributed by atoms with Crippen LogP contribution in [0.1, 0.15) is 36.5 Å². The Bertz CT molecular complexity index is 692. The second-order valence-electron chi connectivity index (χ2n) is 5.44. The van der Waals surface area contributed by atoms with Crippen molar-refractivity contribution >= 4 is 11.9 Å². The molecule has 23 heavy (non-hydrogen) atoms. The highest BCUT2D eigenvalue weighted by Crippen LogP contribution is 2.19. The summed E-state index contributed by atoms with van der Waals surface area (Å²) in [6.45, 7) is 5.60. The molecule has 1 aromatic heterocycles. The maximum Gasteiger partial charge on any atom is 0.305 e. The second-order valence-corrected chi connectivity index (χ2v) is 5.44. The first-order valence-corrected chi connectivity index (χ1v) is 7.31. The minimum absolute atomic E-state index is 0.0801. The minimum Gasteiger partial charge on any atom is -0.481 e. The van der Waals surface area contributed by atoms with E-state index in [2.05, 4.69) is 10.2 Å². The summed E-state index contributed by atoms with van der Waals surface area (Å²) in [6.07, 6.45) is -0.0801. The molecule has 0 aliphatic rings. The highest BCUT2D eigenvalue weighted by molar-refractivity contribution is 5.95. The van der Waals surface area contributed by atoms with Gasteiger partial charge in [0.05, 0.1) is 6.42 Å². The first-order chi connectivity index (χ1) is 10.9. The van der Waals surface area contributed by atoms with Crippen LogP contribution in [0.25, 0.3) is 11.5 Å². The Kier molecular flexibility index (Phi) is 5.10. The van der Waals surface area contributed by atoms with Crippen LogP contribution in [0.3, 0.4) is 0 Å². The van der Waals surface area contributed by atoms with Gasteiger partial charge in [-0.25, -0.2) is 0 Å². The van der Waals surface area contributed by atoms with Gasteiger partial charge in [-0.15, -0.1) is 10.2 Å². The van der Waals surface area contributed by atoms with E-state index in [4.69, 9.17) is 9.52 Å². The van der Waals surface area contributed by atoms with Crippen LogP contribution < -0.4 is 0 Å². The first kappa shape index (κ1) is 16.7. The number of aliphatic carboxylic acids is 1. The lowest BCUT2D eigenvalue weighted by atomic mass is 10.1. The quantitative estimate of drug-likeness (QED) is 0.878. The summed E-state index contributed by atoms with van der Waals surface area (Å²) < 4.78 is 5.34. The number of carbonyl (C=O) groups is 2. The standard InChI is InChI=1S/C16H19N3O4/c1-10(2)19(9-8-14(20)21)16(22)13-6-4-12(5-7-13)15-18-17-11(3)23-15/h4-7,10H,8-9H2,1-3H3,(H,20,21). The number of hydrogen-bond acceptors (Lipinski definition) is 5. The number of carboxylic acid groups (broad SMARTS) is 1. The number of hydrogen-bond donors (Lipinski definition) is 1. The van der Waals surface area contributed by atoms with Crippen molar-refractivity contribution in [2.75, 3.05) is 6.54 Å². The van der Waals surface area contributed by atoms with E-state index in [1.54, 1.807) is 36.1 Å². The molecule has 0 aliphatic heterocycles. The van der Waals surface area contributed by atoms with Crippen LogP contribution in [0.2, 0.25) is 0 Å². The van der Waals surface area contributed by atoms with E-state index in [9.17, 15) is 9.59 Å². The summed E-state index contributed by atoms with van der Waals surface area (Å²) in [5, 5.41) is 16.5. The van der Waals surface area contributed by atoms with Crippen molar-refractivity contribution in [3.8, 4) is 11.5 Å². The molecule has 1 amide bonds. The molecule has 7 nitrogen and oxygen atoms in total. The molecule has 0 bridgehead atoms. The van der Waals surface area contributed by atoms with Gasteiger partial charge in [0.2, 0.25) is 11.8 Å². The molecule has 0 spiro atoms. The van der Waals surface area contributed by atoms with Gasteiger partial charge in [-0.1, -0.05) is 0 Å². The molecule has 122 valence electrons. The van der Waals surface area contributed by atoms with Crippen molar-refractivity contribution in [1.82, 2.24) is 15.1 Å². The zero-order chi connectivity index (χ0) is 17.0. The Balaban J connectivity index is 2.16. The summed E-state index contributed by atoms with van der Waals surface area (Å²) in [5.74, 6) is -0.257. The molecule has 2 rings (SSSR count). The second kappa shape index (κ2) is 7.04. The van der Waals surface area contributed by atoms with Crippen LogP contribution in [0, 0.1) is 6.92 Å². The van der Waals surface area contributed by atoms with Crippen LogP contribution in [0.4, 0.5) is 0 Å². The maximum atomic E-state index is 12.5. The molecule has 0 fully saturated rings. The Hall–Kier alpha value is -2.70. The predicted octanol–water partition coefficient (Wildman–Crippen LogP) is 2.37. The van der Waals surface area contributed by atoms with Gasteiger partial charge in [-0.05, 0) is 38.1 Å². The molecule has 1 aromatic carbocycles. The third kappa shape index (κ3) is 4.15. The topological polar surface area (TPSA) is 96.5 Å². The number of amides is 1. The van der Waals surface area contributed by atoms with Crippen LogP contribution >= 0.6 is 0 Å². The van der Waals surface area contributed by atoms with E-state index >= 15 is 0 Å². The van der Waals surface area contributed by atoms with Crippen LogP contribution in [-0.4, -0.2) is 44.7 Å². The molecule has 0 unspecified atom stereocenters. The highest BCUT2D eigenvalue weighted by atomic mass is 16.4. The zero-order valence-electron chi connectivity index (χ0n) is 13.3. The summed E-state index contributed by atoms with van der Waals surface area (Å²) in [5.41, 5.74) is 1.22. The molecule has 1 heterocycles. The Morgan fingerprint density at radius 2 is 1.87 bits per heavy atom. The summed E-state index contributed by atoms with van der Waals surface area (Å²) in [4.78, 5) is 24.8. The van der Waals surface area contributed by atoms with Gasteiger partial charge in [-0.3, -0.25) is 9.59 Å². The highest BCUT2D eigenvalue weighted by Gasteiger charge is 2.19. The monoisotopic (exact) mass is 317 g/mol. The van der Waals surface area contributed by atoms with Crippen LogP contribution in [-0.2, 0) is 4.79 Å². The van der Waals surface area contributed by atoms with E-state index < -0.39 is 5.97 Å². The SMILES string of the molecule is Cc1nnc(-c2ccc(C(=O)N(CCC(=O)O)C(C)C)cc2)o1. The van der Waals surface area contributed by atoms with Crippen molar-refractivity contribution in [3.05, 3.63) is 35.7 Å². The number of nitrogens with zero attached hydrogens (tertiary/aromatic N) is 3. The van der Waals surface area contributed by atoms with Crippen molar-refractivity contribution in [3.63, 3.8) is 0 Å². The van der Waals surface area contributed by atoms with Gasteiger partial charge in [0.15, 0.2) is 0 Å². The molecular weight excluding hydrogens is 298 g/mol. The number of carboxylic acids is 1. The zero-order valence-corrected chi connectivity index (χ0v) is 13.3. The number of rotatable bonds is 6. The van der Waals surface area contributed by atoms with Crippen molar-refractivity contribution in [2.45, 2.75) is 33.2 Å². The van der Waals surface area contributed by atoms with E-state index in [1.807, 2.05) is 13.8 Å². The van der Waals surface area contributed by atoms with E-state index in [1.165, 1.54) is 0 Å². The van der Waals surface area contributed by atoms with Crippen LogP contribution in [0.5, 0.6) is 0 Å². The van der Waals surface area contributed by atoms with Gasteiger partial charge in [0, 0.05) is 30.6 Å². The Labute approximate surface area is 133 Å². The third-order valence-corrected chi connectivity index (χ3v) is 3.36. The van der Waals surface area contributed by atoms with Gasteiger partial charge in [0.1, 0.15) is 0 Å². The normalized spacial score (nSPS) is 10.8. The van der Waals surface area contributed by atoms with Gasteiger partial charge in [0.25, 0.3) is 5.91 Å². The first-order valence-electron chi connectivity index (χ1n) is 7.31. The average Bonchev–Trinajstić information content (AvgIpc) is 2.93. The lowest BCUT2D eigenvalue weighted by molar-refractivity contribution is -0.137. The lowest BCUT2D eigenvalue weighted by Gasteiger charge is -2.26. The maximum absolute atomic E-state index is 12.5. The van der Waals surface area contributed by atoms with Crippen molar-refractivity contribution in [1.29, 1.82) is 0 Å². The average molecular weight is 317 g/mol. The number of aromatic nitrogens is 2. The smallest absolute Gasteiger partial charge is 0.305 e. The third-order valence-electron chi connectivity index (χ3n) is 3.36. The largest absolute Gasteiger partial charge is 0.481 e. The van der Waals surface area contributed by atoms with Gasteiger partial charge in [-0.2, -0.15) is 0 Å². The molecule has 0 saturated heterocycles. The van der Waals surface area contributed by atoms with Gasteiger partial charge < -0.3 is 14.4 Å². The molecule has 1 N–H and O–H groups in total.